The van der Waals surface area contributed by atoms with Gasteiger partial charge >= 0.3 is 0 Å². The minimum atomic E-state index is 0.0371. The first-order valence-corrected chi connectivity index (χ1v) is 6.92. The van der Waals surface area contributed by atoms with Crippen LogP contribution in [-0.4, -0.2) is 26.5 Å². The molecule has 0 aliphatic rings. The zero-order valence-electron chi connectivity index (χ0n) is 13.0. The molecule has 0 saturated heterocycles. The van der Waals surface area contributed by atoms with Crippen LogP contribution in [0.25, 0.3) is 0 Å². The number of hydrogen-bond acceptors (Lipinski definition) is 2. The van der Waals surface area contributed by atoms with E-state index < -0.39 is 0 Å². The predicted molar refractivity (Wildman–Crippen MR) is 81.8 cm³/mol. The first-order valence-electron chi connectivity index (χ1n) is 6.92. The van der Waals surface area contributed by atoms with Gasteiger partial charge in [-0.3, -0.25) is 4.79 Å². The molecule has 0 aromatic heterocycles. The van der Waals surface area contributed by atoms with Crippen molar-refractivity contribution in [3.8, 4) is 0 Å². The summed E-state index contributed by atoms with van der Waals surface area (Å²) in [5, 5.41) is 3.10. The van der Waals surface area contributed by atoms with E-state index in [0.29, 0.717) is 0 Å². The van der Waals surface area contributed by atoms with Gasteiger partial charge in [0, 0.05) is 19.3 Å². The Morgan fingerprint density at radius 2 is 1.79 bits per heavy atom. The average Bonchev–Trinajstić information content (AvgIpc) is 2.33. The van der Waals surface area contributed by atoms with Gasteiger partial charge in [-0.25, -0.2) is 0 Å². The maximum absolute atomic E-state index is 12.5. The number of amides is 1. The lowest BCUT2D eigenvalue weighted by Gasteiger charge is -2.26. The SMILES string of the molecule is CCC(CNC)C(=O)N(C)c1c(C)cc(C)cc1C. The third-order valence-corrected chi connectivity index (χ3v) is 3.59. The quantitative estimate of drug-likeness (QED) is 0.885. The van der Waals surface area contributed by atoms with Gasteiger partial charge in [0.15, 0.2) is 0 Å². The molecule has 1 aromatic carbocycles. The Labute approximate surface area is 117 Å². The maximum atomic E-state index is 12.5. The largest absolute Gasteiger partial charge is 0.319 e. The molecule has 1 aromatic rings. The number of benzene rings is 1. The first-order chi connectivity index (χ1) is 8.92. The fourth-order valence-corrected chi connectivity index (χ4v) is 2.74. The summed E-state index contributed by atoms with van der Waals surface area (Å²) >= 11 is 0. The van der Waals surface area contributed by atoms with E-state index in [1.54, 1.807) is 0 Å². The van der Waals surface area contributed by atoms with Crippen molar-refractivity contribution < 1.29 is 4.79 Å². The van der Waals surface area contributed by atoms with E-state index in [4.69, 9.17) is 0 Å². The summed E-state index contributed by atoms with van der Waals surface area (Å²) in [7, 11) is 3.77. The average molecular weight is 262 g/mol. The minimum absolute atomic E-state index is 0.0371. The number of nitrogens with zero attached hydrogens (tertiary/aromatic N) is 1. The maximum Gasteiger partial charge on any atom is 0.231 e. The Balaban J connectivity index is 3.06. The van der Waals surface area contributed by atoms with Gasteiger partial charge < -0.3 is 10.2 Å². The summed E-state index contributed by atoms with van der Waals surface area (Å²) in [6, 6.07) is 4.26. The fourth-order valence-electron chi connectivity index (χ4n) is 2.74. The molecule has 0 aliphatic carbocycles. The molecule has 106 valence electrons. The summed E-state index contributed by atoms with van der Waals surface area (Å²) in [5.41, 5.74) is 4.60. The Bertz CT molecular complexity index is 431. The molecule has 1 rings (SSSR count). The van der Waals surface area contributed by atoms with Crippen LogP contribution in [0.5, 0.6) is 0 Å². The molecule has 0 fully saturated rings. The lowest BCUT2D eigenvalue weighted by Crippen LogP contribution is -2.37. The van der Waals surface area contributed by atoms with Crippen LogP contribution in [0, 0.1) is 26.7 Å². The van der Waals surface area contributed by atoms with Gasteiger partial charge in [0.1, 0.15) is 0 Å². The van der Waals surface area contributed by atoms with Gasteiger partial charge in [-0.1, -0.05) is 24.6 Å². The minimum Gasteiger partial charge on any atom is -0.319 e. The van der Waals surface area contributed by atoms with Gasteiger partial charge in [0.25, 0.3) is 0 Å². The number of carbonyl (C=O) groups excluding carboxylic acids is 1. The van der Waals surface area contributed by atoms with Crippen LogP contribution in [0.3, 0.4) is 0 Å². The van der Waals surface area contributed by atoms with Crippen molar-refractivity contribution in [1.29, 1.82) is 0 Å². The molecule has 1 unspecified atom stereocenters. The normalized spacial score (nSPS) is 12.3. The standard InChI is InChI=1S/C16H26N2O/c1-7-14(10-17-5)16(19)18(6)15-12(3)8-11(2)9-13(15)4/h8-9,14,17H,7,10H2,1-6H3. The number of rotatable bonds is 5. The zero-order chi connectivity index (χ0) is 14.6. The highest BCUT2D eigenvalue weighted by molar-refractivity contribution is 5.96. The molecule has 0 radical (unpaired) electrons. The fraction of sp³-hybridized carbons (Fsp3) is 0.562. The van der Waals surface area contributed by atoms with E-state index in [1.165, 1.54) is 5.56 Å². The van der Waals surface area contributed by atoms with Gasteiger partial charge in [-0.05, 0) is 45.4 Å². The van der Waals surface area contributed by atoms with Gasteiger partial charge in [-0.15, -0.1) is 0 Å². The summed E-state index contributed by atoms with van der Waals surface area (Å²) in [6.45, 7) is 9.00. The molecule has 19 heavy (non-hydrogen) atoms. The number of hydrogen-bond donors (Lipinski definition) is 1. The topological polar surface area (TPSA) is 32.3 Å². The second kappa shape index (κ2) is 6.71. The summed E-state index contributed by atoms with van der Waals surface area (Å²) < 4.78 is 0. The van der Waals surface area contributed by atoms with E-state index in [-0.39, 0.29) is 11.8 Å². The third-order valence-electron chi connectivity index (χ3n) is 3.59. The first kappa shape index (κ1) is 15.7. The number of nitrogens with one attached hydrogen (secondary N) is 1. The Morgan fingerprint density at radius 1 is 1.26 bits per heavy atom. The Kier molecular flexibility index (Phi) is 5.55. The predicted octanol–water partition coefficient (Wildman–Crippen LogP) is 2.82. The van der Waals surface area contributed by atoms with Crippen molar-refractivity contribution in [1.82, 2.24) is 5.32 Å². The monoisotopic (exact) mass is 262 g/mol. The molecule has 0 saturated carbocycles. The van der Waals surface area contributed by atoms with E-state index in [0.717, 1.165) is 29.8 Å². The summed E-state index contributed by atoms with van der Waals surface area (Å²) in [6.07, 6.45) is 0.855. The van der Waals surface area contributed by atoms with Gasteiger partial charge in [-0.2, -0.15) is 0 Å². The van der Waals surface area contributed by atoms with Crippen molar-refractivity contribution in [2.75, 3.05) is 25.5 Å². The van der Waals surface area contributed by atoms with Crippen molar-refractivity contribution in [3.63, 3.8) is 0 Å². The third kappa shape index (κ3) is 3.57. The van der Waals surface area contributed by atoms with Crippen molar-refractivity contribution in [3.05, 3.63) is 28.8 Å². The molecule has 1 atom stereocenters. The van der Waals surface area contributed by atoms with E-state index in [9.17, 15) is 4.79 Å². The lowest BCUT2D eigenvalue weighted by molar-refractivity contribution is -0.122. The highest BCUT2D eigenvalue weighted by atomic mass is 16.2. The molecule has 0 heterocycles. The van der Waals surface area contributed by atoms with Crippen molar-refractivity contribution in [2.24, 2.45) is 5.92 Å². The Hall–Kier alpha value is -1.35. The van der Waals surface area contributed by atoms with Crippen LogP contribution in [0.2, 0.25) is 0 Å². The second-order valence-corrected chi connectivity index (χ2v) is 5.31. The molecule has 0 aliphatic heterocycles. The number of aryl methyl sites for hydroxylation is 3. The second-order valence-electron chi connectivity index (χ2n) is 5.31. The van der Waals surface area contributed by atoms with Crippen LogP contribution in [-0.2, 0) is 4.79 Å². The van der Waals surface area contributed by atoms with Crippen LogP contribution in [0.15, 0.2) is 12.1 Å². The van der Waals surface area contributed by atoms with Gasteiger partial charge in [0.2, 0.25) is 5.91 Å². The molecular formula is C16H26N2O. The van der Waals surface area contributed by atoms with Gasteiger partial charge in [0.05, 0.1) is 5.92 Å². The smallest absolute Gasteiger partial charge is 0.231 e. The molecule has 3 heteroatoms. The van der Waals surface area contributed by atoms with Crippen LogP contribution >= 0.6 is 0 Å². The highest BCUT2D eigenvalue weighted by Gasteiger charge is 2.22. The van der Waals surface area contributed by atoms with E-state index in [2.05, 4.69) is 45.1 Å². The van der Waals surface area contributed by atoms with Crippen molar-refractivity contribution in [2.45, 2.75) is 34.1 Å². The summed E-state index contributed by atoms with van der Waals surface area (Å²) in [4.78, 5) is 14.4. The molecule has 1 amide bonds. The van der Waals surface area contributed by atoms with Crippen LogP contribution in [0.4, 0.5) is 5.69 Å². The van der Waals surface area contributed by atoms with E-state index in [1.807, 2.05) is 19.0 Å². The van der Waals surface area contributed by atoms with Crippen LogP contribution < -0.4 is 10.2 Å². The molecule has 3 nitrogen and oxygen atoms in total. The van der Waals surface area contributed by atoms with Crippen molar-refractivity contribution >= 4 is 11.6 Å². The van der Waals surface area contributed by atoms with E-state index >= 15 is 0 Å². The summed E-state index contributed by atoms with van der Waals surface area (Å²) in [5.74, 6) is 0.224. The molecule has 1 N–H and O–H groups in total. The molecule has 0 bridgehead atoms. The number of carbonyl (C=O) groups is 1. The highest BCUT2D eigenvalue weighted by Crippen LogP contribution is 2.26. The molecule has 0 spiro atoms. The Morgan fingerprint density at radius 3 is 2.21 bits per heavy atom. The zero-order valence-corrected chi connectivity index (χ0v) is 13.0. The number of anilines is 1. The van der Waals surface area contributed by atoms with Crippen LogP contribution in [0.1, 0.15) is 30.0 Å². The lowest BCUT2D eigenvalue weighted by atomic mass is 10.0. The molecular weight excluding hydrogens is 236 g/mol.